The maximum Gasteiger partial charge on any atom is 0.267 e. The van der Waals surface area contributed by atoms with E-state index in [2.05, 4.69) is 4.98 Å². The van der Waals surface area contributed by atoms with Gasteiger partial charge in [0, 0.05) is 11.8 Å². The van der Waals surface area contributed by atoms with Crippen LogP contribution in [0.15, 0.2) is 12.3 Å². The third-order valence-electron chi connectivity index (χ3n) is 1.34. The third kappa shape index (κ3) is 1.55. The summed E-state index contributed by atoms with van der Waals surface area (Å²) in [5.74, 6) is -0.240. The van der Waals surface area contributed by atoms with E-state index in [1.807, 2.05) is 0 Å². The monoisotopic (exact) mass is 172 g/mol. The van der Waals surface area contributed by atoms with Crippen molar-refractivity contribution in [2.45, 2.75) is 6.43 Å². The Bertz CT molecular complexity index is 301. The van der Waals surface area contributed by atoms with Crippen LogP contribution in [0.4, 0.5) is 14.6 Å². The third-order valence-corrected chi connectivity index (χ3v) is 1.34. The number of nitrogens with two attached hydrogens (primary N) is 1. The fourth-order valence-corrected chi connectivity index (χ4v) is 0.749. The van der Waals surface area contributed by atoms with E-state index in [0.717, 1.165) is 12.3 Å². The molecule has 3 nitrogen and oxygen atoms in total. The predicted octanol–water partition coefficient (Wildman–Crippen LogP) is 1.41. The molecule has 12 heavy (non-hydrogen) atoms. The van der Waals surface area contributed by atoms with E-state index < -0.39 is 12.0 Å². The first-order valence-corrected chi connectivity index (χ1v) is 3.14. The van der Waals surface area contributed by atoms with Crippen molar-refractivity contribution in [3.05, 3.63) is 23.4 Å². The first-order valence-electron chi connectivity index (χ1n) is 3.14. The molecule has 0 aliphatic heterocycles. The Morgan fingerprint density at radius 3 is 2.75 bits per heavy atom. The lowest BCUT2D eigenvalue weighted by atomic mass is 10.2. The summed E-state index contributed by atoms with van der Waals surface area (Å²) in [6.07, 6.45) is -1.11. The lowest BCUT2D eigenvalue weighted by Gasteiger charge is -2.02. The number of hydrogen-bond acceptors (Lipinski definition) is 3. The second-order valence-corrected chi connectivity index (χ2v) is 2.16. The zero-order valence-electron chi connectivity index (χ0n) is 6.00. The standard InChI is InChI=1S/C7H6F2N2O/c8-6(9)5-1-4(3-12)2-11-7(5)10/h1-3,6H,(H2,10,11). The van der Waals surface area contributed by atoms with Gasteiger partial charge >= 0.3 is 0 Å². The summed E-state index contributed by atoms with van der Waals surface area (Å²) in [7, 11) is 0. The molecule has 0 saturated carbocycles. The van der Waals surface area contributed by atoms with E-state index in [0.29, 0.717) is 6.29 Å². The van der Waals surface area contributed by atoms with Crippen LogP contribution >= 0.6 is 0 Å². The lowest BCUT2D eigenvalue weighted by Crippen LogP contribution is -1.99. The molecule has 1 heterocycles. The highest BCUT2D eigenvalue weighted by Crippen LogP contribution is 2.23. The predicted molar refractivity (Wildman–Crippen MR) is 39.0 cm³/mol. The maximum absolute atomic E-state index is 12.1. The van der Waals surface area contributed by atoms with Crippen molar-refractivity contribution in [2.24, 2.45) is 0 Å². The van der Waals surface area contributed by atoms with Crippen LogP contribution in [-0.2, 0) is 0 Å². The number of hydrogen-bond donors (Lipinski definition) is 1. The van der Waals surface area contributed by atoms with Crippen LogP contribution < -0.4 is 5.73 Å². The molecule has 0 bridgehead atoms. The molecule has 0 unspecified atom stereocenters. The van der Waals surface area contributed by atoms with E-state index in [1.54, 1.807) is 0 Å². The topological polar surface area (TPSA) is 56.0 Å². The van der Waals surface area contributed by atoms with Gasteiger partial charge in [0.05, 0.1) is 5.56 Å². The number of carbonyl (C=O) groups is 1. The molecule has 5 heteroatoms. The molecule has 64 valence electrons. The number of pyridine rings is 1. The Hall–Kier alpha value is -1.52. The average Bonchev–Trinajstić information content (AvgIpc) is 2.05. The Labute approximate surface area is 67.2 Å². The lowest BCUT2D eigenvalue weighted by molar-refractivity contribution is 0.112. The number of halogens is 2. The number of nitrogen functional groups attached to an aromatic ring is 1. The highest BCUT2D eigenvalue weighted by atomic mass is 19.3. The minimum atomic E-state index is -2.70. The molecule has 0 radical (unpaired) electrons. The fraction of sp³-hybridized carbons (Fsp3) is 0.143. The quantitative estimate of drug-likeness (QED) is 0.686. The Kier molecular flexibility index (Phi) is 2.32. The molecule has 1 aromatic rings. The molecule has 2 N–H and O–H groups in total. The highest BCUT2D eigenvalue weighted by molar-refractivity contribution is 5.75. The number of nitrogens with zero attached hydrogens (tertiary/aromatic N) is 1. The van der Waals surface area contributed by atoms with Gasteiger partial charge in [-0.05, 0) is 6.07 Å². The molecule has 0 aliphatic carbocycles. The van der Waals surface area contributed by atoms with Crippen molar-refractivity contribution in [3.63, 3.8) is 0 Å². The molecule has 0 atom stereocenters. The van der Waals surface area contributed by atoms with E-state index in [9.17, 15) is 13.6 Å². The number of rotatable bonds is 2. The second kappa shape index (κ2) is 3.25. The van der Waals surface area contributed by atoms with Crippen LogP contribution in [-0.4, -0.2) is 11.3 Å². The van der Waals surface area contributed by atoms with Crippen molar-refractivity contribution < 1.29 is 13.6 Å². The van der Waals surface area contributed by atoms with Gasteiger partial charge in [0.2, 0.25) is 0 Å². The normalized spacial score (nSPS) is 10.2. The molecular formula is C7H6F2N2O. The van der Waals surface area contributed by atoms with Crippen molar-refractivity contribution in [3.8, 4) is 0 Å². The van der Waals surface area contributed by atoms with Crippen molar-refractivity contribution in [1.82, 2.24) is 4.98 Å². The summed E-state index contributed by atoms with van der Waals surface area (Å²) in [4.78, 5) is 13.6. The van der Waals surface area contributed by atoms with Gasteiger partial charge in [0.1, 0.15) is 5.82 Å². The molecule has 0 amide bonds. The molecule has 1 rings (SSSR count). The minimum absolute atomic E-state index is 0.0968. The Morgan fingerprint density at radius 2 is 2.25 bits per heavy atom. The second-order valence-electron chi connectivity index (χ2n) is 2.16. The van der Waals surface area contributed by atoms with Crippen LogP contribution in [0.3, 0.4) is 0 Å². The van der Waals surface area contributed by atoms with Gasteiger partial charge in [-0.3, -0.25) is 4.79 Å². The largest absolute Gasteiger partial charge is 0.383 e. The molecule has 0 fully saturated rings. The molecule has 0 saturated heterocycles. The zero-order valence-corrected chi connectivity index (χ0v) is 6.00. The molecule has 0 spiro atoms. The number of carbonyl (C=O) groups excluding carboxylic acids is 1. The minimum Gasteiger partial charge on any atom is -0.383 e. The highest BCUT2D eigenvalue weighted by Gasteiger charge is 2.12. The van der Waals surface area contributed by atoms with Gasteiger partial charge in [0.15, 0.2) is 6.29 Å². The van der Waals surface area contributed by atoms with E-state index >= 15 is 0 Å². The molecule has 0 aromatic carbocycles. The van der Waals surface area contributed by atoms with Crippen LogP contribution in [0.25, 0.3) is 0 Å². The van der Waals surface area contributed by atoms with Gasteiger partial charge in [-0.2, -0.15) is 0 Å². The van der Waals surface area contributed by atoms with E-state index in [-0.39, 0.29) is 11.4 Å². The van der Waals surface area contributed by atoms with Crippen molar-refractivity contribution >= 4 is 12.1 Å². The van der Waals surface area contributed by atoms with Crippen molar-refractivity contribution in [2.75, 3.05) is 5.73 Å². The first-order chi connectivity index (χ1) is 5.65. The summed E-state index contributed by atoms with van der Waals surface area (Å²) in [6, 6.07) is 1.03. The average molecular weight is 172 g/mol. The SMILES string of the molecule is Nc1ncc(C=O)cc1C(F)F. The summed E-state index contributed by atoms with van der Waals surface area (Å²) in [5, 5.41) is 0. The maximum atomic E-state index is 12.1. The fourth-order valence-electron chi connectivity index (χ4n) is 0.749. The Morgan fingerprint density at radius 1 is 1.58 bits per heavy atom. The van der Waals surface area contributed by atoms with Gasteiger partial charge in [0.25, 0.3) is 6.43 Å². The molecular weight excluding hydrogens is 166 g/mol. The van der Waals surface area contributed by atoms with Crippen LogP contribution in [0.5, 0.6) is 0 Å². The zero-order chi connectivity index (χ0) is 9.14. The van der Waals surface area contributed by atoms with E-state index in [4.69, 9.17) is 5.73 Å². The van der Waals surface area contributed by atoms with Gasteiger partial charge in [-0.15, -0.1) is 0 Å². The first kappa shape index (κ1) is 8.58. The summed E-state index contributed by atoms with van der Waals surface area (Å²) in [6.45, 7) is 0. The van der Waals surface area contributed by atoms with E-state index in [1.165, 1.54) is 0 Å². The summed E-state index contributed by atoms with van der Waals surface area (Å²) >= 11 is 0. The Balaban J connectivity index is 3.16. The van der Waals surface area contributed by atoms with Crippen LogP contribution in [0.2, 0.25) is 0 Å². The smallest absolute Gasteiger partial charge is 0.267 e. The van der Waals surface area contributed by atoms with Gasteiger partial charge < -0.3 is 5.73 Å². The summed E-state index contributed by atoms with van der Waals surface area (Å²) < 4.78 is 24.2. The molecule has 0 aliphatic rings. The van der Waals surface area contributed by atoms with Crippen LogP contribution in [0, 0.1) is 0 Å². The number of aromatic nitrogens is 1. The van der Waals surface area contributed by atoms with Crippen LogP contribution in [0.1, 0.15) is 22.3 Å². The number of alkyl halides is 2. The molecule has 1 aromatic heterocycles. The van der Waals surface area contributed by atoms with Gasteiger partial charge in [-0.1, -0.05) is 0 Å². The summed E-state index contributed by atoms with van der Waals surface area (Å²) in [5.41, 5.74) is 4.83. The number of anilines is 1. The number of aldehydes is 1. The van der Waals surface area contributed by atoms with Gasteiger partial charge in [-0.25, -0.2) is 13.8 Å². The van der Waals surface area contributed by atoms with Crippen molar-refractivity contribution in [1.29, 1.82) is 0 Å².